The monoisotopic (exact) mass is 299 g/mol. The van der Waals surface area contributed by atoms with Crippen molar-refractivity contribution in [1.82, 2.24) is 0 Å². The Bertz CT molecular complexity index is 1100. The summed E-state index contributed by atoms with van der Waals surface area (Å²) in [5, 5.41) is 2.10. The number of benzene rings is 2. The Balaban J connectivity index is 2.12. The summed E-state index contributed by atoms with van der Waals surface area (Å²) < 4.78 is 8.07. The number of hydrogen-bond donors (Lipinski definition) is 0. The van der Waals surface area contributed by atoms with E-state index in [1.54, 1.807) is 6.07 Å². The van der Waals surface area contributed by atoms with Gasteiger partial charge in [-0.25, -0.2) is 9.41 Å². The lowest BCUT2D eigenvalue weighted by atomic mass is 9.99. The summed E-state index contributed by atoms with van der Waals surface area (Å²) in [4.78, 5) is 3.57. The summed E-state index contributed by atoms with van der Waals surface area (Å²) in [7, 11) is 2.05. The summed E-state index contributed by atoms with van der Waals surface area (Å²) in [5.74, 6) is 0. The molecule has 2 heterocycles. The number of hydrogen-bond acceptors (Lipinski definition) is 1. The molecule has 0 atom stereocenters. The van der Waals surface area contributed by atoms with Crippen molar-refractivity contribution in [1.29, 1.82) is 0 Å². The van der Waals surface area contributed by atoms with Crippen LogP contribution in [-0.2, 0) is 7.05 Å². The summed E-state index contributed by atoms with van der Waals surface area (Å²) in [5.41, 5.74) is 5.57. The molecule has 0 N–H and O–H groups in total. The van der Waals surface area contributed by atoms with E-state index >= 15 is 0 Å². The van der Waals surface area contributed by atoms with E-state index in [4.69, 9.17) is 11.0 Å². The third-order valence-corrected chi connectivity index (χ3v) is 4.35. The molecule has 2 aromatic heterocycles. The van der Waals surface area contributed by atoms with Crippen LogP contribution in [0.4, 0.5) is 5.69 Å². The standard InChI is InChI=1S/C20H15N2O/c1-13-14(17-9-4-5-12-22(17)3)10-11-18-19(13)15-7-6-8-16(21-2)20(15)23-18/h4-12H,1,3H3/q+1. The lowest BCUT2D eigenvalue weighted by Crippen LogP contribution is -2.30. The molecule has 0 aliphatic rings. The van der Waals surface area contributed by atoms with Crippen LogP contribution in [0.5, 0.6) is 0 Å². The number of nitrogens with zero attached hydrogens (tertiary/aromatic N) is 2. The first-order chi connectivity index (χ1) is 11.2. The van der Waals surface area contributed by atoms with E-state index in [0.717, 1.165) is 22.0 Å². The Hall–Kier alpha value is -3.12. The molecule has 0 saturated heterocycles. The number of aromatic nitrogens is 1. The summed E-state index contributed by atoms with van der Waals surface area (Å²) in [6, 6.07) is 16.0. The van der Waals surface area contributed by atoms with Gasteiger partial charge in [0.1, 0.15) is 18.2 Å². The van der Waals surface area contributed by atoms with Crippen molar-refractivity contribution in [3.63, 3.8) is 0 Å². The Morgan fingerprint density at radius 3 is 2.70 bits per heavy atom. The average molecular weight is 299 g/mol. The van der Waals surface area contributed by atoms with E-state index in [0.29, 0.717) is 11.3 Å². The second-order valence-corrected chi connectivity index (χ2v) is 5.68. The minimum absolute atomic E-state index is 0.560. The highest BCUT2D eigenvalue weighted by Crippen LogP contribution is 2.38. The predicted octanol–water partition coefficient (Wildman–Crippen LogP) is 4.94. The van der Waals surface area contributed by atoms with Gasteiger partial charge in [-0.3, -0.25) is 0 Å². The van der Waals surface area contributed by atoms with E-state index < -0.39 is 0 Å². The molecule has 2 aromatic carbocycles. The van der Waals surface area contributed by atoms with E-state index in [-0.39, 0.29) is 0 Å². The van der Waals surface area contributed by atoms with Gasteiger partial charge < -0.3 is 4.42 Å². The van der Waals surface area contributed by atoms with Gasteiger partial charge in [-0.2, -0.15) is 0 Å². The smallest absolute Gasteiger partial charge is 0.229 e. The van der Waals surface area contributed by atoms with Gasteiger partial charge in [0.25, 0.3) is 0 Å². The van der Waals surface area contributed by atoms with E-state index in [2.05, 4.69) is 28.5 Å². The Morgan fingerprint density at radius 1 is 1.04 bits per heavy atom. The molecule has 3 heteroatoms. The van der Waals surface area contributed by atoms with Gasteiger partial charge in [0.2, 0.25) is 11.4 Å². The maximum Gasteiger partial charge on any atom is 0.229 e. The van der Waals surface area contributed by atoms with E-state index in [9.17, 15) is 0 Å². The molecule has 110 valence electrons. The van der Waals surface area contributed by atoms with Gasteiger partial charge in [-0.1, -0.05) is 18.2 Å². The molecular formula is C20H15N2O+. The average Bonchev–Trinajstić information content (AvgIpc) is 2.95. The van der Waals surface area contributed by atoms with Crippen LogP contribution in [0.1, 0.15) is 5.56 Å². The molecule has 4 rings (SSSR count). The summed E-state index contributed by atoms with van der Waals surface area (Å²) in [6.45, 7) is 9.43. The Kier molecular flexibility index (Phi) is 2.92. The molecule has 0 aliphatic carbocycles. The Labute approximate surface area is 134 Å². The fraction of sp³-hybridized carbons (Fsp3) is 0.100. The van der Waals surface area contributed by atoms with Crippen LogP contribution >= 0.6 is 0 Å². The van der Waals surface area contributed by atoms with Crippen molar-refractivity contribution in [2.24, 2.45) is 7.05 Å². The molecule has 0 amide bonds. The fourth-order valence-corrected chi connectivity index (χ4v) is 3.21. The SMILES string of the molecule is [C-]#[N+]c1cccc2c1oc1ccc(-c3cccc[n+]3C)c(C)c12. The van der Waals surface area contributed by atoms with Crippen LogP contribution in [-0.4, -0.2) is 0 Å². The van der Waals surface area contributed by atoms with Gasteiger partial charge in [0.15, 0.2) is 6.20 Å². The molecule has 0 fully saturated rings. The molecule has 23 heavy (non-hydrogen) atoms. The van der Waals surface area contributed by atoms with Crippen molar-refractivity contribution in [2.45, 2.75) is 6.92 Å². The quantitative estimate of drug-likeness (QED) is 0.360. The van der Waals surface area contributed by atoms with Gasteiger partial charge in [-0.15, -0.1) is 0 Å². The van der Waals surface area contributed by atoms with Crippen molar-refractivity contribution in [3.05, 3.63) is 71.7 Å². The van der Waals surface area contributed by atoms with E-state index in [1.165, 1.54) is 11.1 Å². The lowest BCUT2D eigenvalue weighted by Gasteiger charge is -2.05. The number of rotatable bonds is 1. The van der Waals surface area contributed by atoms with Crippen LogP contribution in [0.25, 0.3) is 38.0 Å². The zero-order chi connectivity index (χ0) is 16.0. The third kappa shape index (κ3) is 1.92. The molecule has 0 spiro atoms. The highest BCUT2D eigenvalue weighted by molar-refractivity contribution is 6.11. The lowest BCUT2D eigenvalue weighted by molar-refractivity contribution is -0.660. The second-order valence-electron chi connectivity index (χ2n) is 5.68. The van der Waals surface area contributed by atoms with Crippen molar-refractivity contribution in [3.8, 4) is 11.3 Å². The number of para-hydroxylation sites is 1. The first-order valence-corrected chi connectivity index (χ1v) is 7.48. The second kappa shape index (κ2) is 4.96. The summed E-state index contributed by atoms with van der Waals surface area (Å²) in [6.07, 6.45) is 2.05. The highest BCUT2D eigenvalue weighted by Gasteiger charge is 2.18. The van der Waals surface area contributed by atoms with Gasteiger partial charge in [0.05, 0.1) is 6.57 Å². The zero-order valence-electron chi connectivity index (χ0n) is 13.0. The minimum Gasteiger partial charge on any atom is -0.467 e. The van der Waals surface area contributed by atoms with Gasteiger partial charge in [0, 0.05) is 28.5 Å². The number of furan rings is 1. The van der Waals surface area contributed by atoms with Crippen LogP contribution < -0.4 is 4.57 Å². The first-order valence-electron chi connectivity index (χ1n) is 7.48. The predicted molar refractivity (Wildman–Crippen MR) is 91.3 cm³/mol. The maximum absolute atomic E-state index is 7.32. The molecular weight excluding hydrogens is 284 g/mol. The van der Waals surface area contributed by atoms with Crippen LogP contribution in [0, 0.1) is 13.5 Å². The Morgan fingerprint density at radius 2 is 1.91 bits per heavy atom. The van der Waals surface area contributed by atoms with Gasteiger partial charge >= 0.3 is 0 Å². The van der Waals surface area contributed by atoms with Crippen LogP contribution in [0.15, 0.2) is 59.1 Å². The number of pyridine rings is 1. The minimum atomic E-state index is 0.560. The normalized spacial score (nSPS) is 11.0. The molecule has 0 unspecified atom stereocenters. The van der Waals surface area contributed by atoms with Crippen molar-refractivity contribution in [2.75, 3.05) is 0 Å². The van der Waals surface area contributed by atoms with Crippen molar-refractivity contribution < 1.29 is 8.98 Å². The zero-order valence-corrected chi connectivity index (χ0v) is 13.0. The molecule has 4 aromatic rings. The summed E-state index contributed by atoms with van der Waals surface area (Å²) >= 11 is 0. The number of aryl methyl sites for hydroxylation is 2. The fourth-order valence-electron chi connectivity index (χ4n) is 3.21. The maximum atomic E-state index is 7.32. The molecule has 3 nitrogen and oxygen atoms in total. The topological polar surface area (TPSA) is 21.4 Å². The molecule has 0 radical (unpaired) electrons. The van der Waals surface area contributed by atoms with Crippen LogP contribution in [0.2, 0.25) is 0 Å². The largest absolute Gasteiger partial charge is 0.467 e. The first kappa shape index (κ1) is 13.5. The van der Waals surface area contributed by atoms with Crippen molar-refractivity contribution >= 4 is 27.6 Å². The van der Waals surface area contributed by atoms with Gasteiger partial charge in [-0.05, 0) is 30.7 Å². The molecule has 0 aliphatic heterocycles. The molecule has 0 saturated carbocycles. The highest BCUT2D eigenvalue weighted by atomic mass is 16.3. The van der Waals surface area contributed by atoms with E-state index in [1.807, 2.05) is 43.6 Å². The number of fused-ring (bicyclic) bond motifs is 3. The molecule has 0 bridgehead atoms. The third-order valence-electron chi connectivity index (χ3n) is 4.35. The van der Waals surface area contributed by atoms with Crippen LogP contribution in [0.3, 0.4) is 0 Å².